The molecule has 4 nitrogen and oxygen atoms in total. The summed E-state index contributed by atoms with van der Waals surface area (Å²) in [7, 11) is 1.75. The topological polar surface area (TPSA) is 48.3 Å². The summed E-state index contributed by atoms with van der Waals surface area (Å²) >= 11 is 0. The fourth-order valence-corrected chi connectivity index (χ4v) is 3.30. The number of halogens is 1. The van der Waals surface area contributed by atoms with Gasteiger partial charge in [-0.2, -0.15) is 0 Å². The third-order valence-corrected chi connectivity index (χ3v) is 4.26. The average molecular weight is 316 g/mol. The highest BCUT2D eigenvalue weighted by Crippen LogP contribution is 2.35. The number of aryl methyl sites for hydroxylation is 1. The van der Waals surface area contributed by atoms with E-state index in [1.165, 1.54) is 0 Å². The van der Waals surface area contributed by atoms with Crippen LogP contribution in [0, 0.1) is 0 Å². The second kappa shape index (κ2) is 5.66. The van der Waals surface area contributed by atoms with Crippen molar-refractivity contribution in [2.75, 3.05) is 0 Å². The third kappa shape index (κ3) is 2.94. The van der Waals surface area contributed by atoms with Gasteiger partial charge in [0.15, 0.2) is 0 Å². The molecule has 0 unspecified atom stereocenters. The first-order valence-corrected chi connectivity index (χ1v) is 8.88. The first kappa shape index (κ1) is 15.2. The van der Waals surface area contributed by atoms with E-state index in [9.17, 15) is 8.42 Å². The Balaban J connectivity index is 2.77. The molecule has 0 fully saturated rings. The zero-order valence-corrected chi connectivity index (χ0v) is 13.3. The Morgan fingerprint density at radius 3 is 2.60 bits per heavy atom. The fraction of sp³-hybridized carbons (Fsp3) is 0.429. The van der Waals surface area contributed by atoms with Gasteiger partial charge >= 0.3 is 0 Å². The highest BCUT2D eigenvalue weighted by atomic mass is 35.7. The number of fused-ring (bicyclic) bond motifs is 1. The van der Waals surface area contributed by atoms with Crippen LogP contribution < -0.4 is 4.74 Å². The molecule has 20 heavy (non-hydrogen) atoms. The van der Waals surface area contributed by atoms with Gasteiger partial charge in [-0.15, -0.1) is 0 Å². The summed E-state index contributed by atoms with van der Waals surface area (Å²) in [5, 5.41) is 0.560. The van der Waals surface area contributed by atoms with Crippen LogP contribution >= 0.6 is 10.7 Å². The first-order valence-electron chi connectivity index (χ1n) is 6.57. The molecule has 0 aliphatic rings. The molecule has 1 aromatic carbocycles. The molecule has 0 N–H and O–H groups in total. The molecule has 0 bridgehead atoms. The van der Waals surface area contributed by atoms with Crippen molar-refractivity contribution in [3.8, 4) is 5.75 Å². The Labute approximate surface area is 123 Å². The summed E-state index contributed by atoms with van der Waals surface area (Å²) in [5.74, 6) is 0.548. The van der Waals surface area contributed by atoms with Gasteiger partial charge in [0, 0.05) is 23.4 Å². The van der Waals surface area contributed by atoms with Crippen molar-refractivity contribution < 1.29 is 13.2 Å². The molecule has 0 aliphatic heterocycles. The smallest absolute Gasteiger partial charge is 0.263 e. The van der Waals surface area contributed by atoms with Gasteiger partial charge in [-0.1, -0.05) is 13.0 Å². The second-order valence-electron chi connectivity index (χ2n) is 4.94. The molecule has 0 radical (unpaired) electrons. The number of rotatable bonds is 5. The van der Waals surface area contributed by atoms with E-state index < -0.39 is 9.05 Å². The van der Waals surface area contributed by atoms with Crippen LogP contribution in [0.3, 0.4) is 0 Å². The molecule has 110 valence electrons. The Morgan fingerprint density at radius 1 is 1.35 bits per heavy atom. The number of hydrogen-bond donors (Lipinski definition) is 0. The summed E-state index contributed by atoms with van der Waals surface area (Å²) in [6, 6.07) is 5.50. The minimum absolute atomic E-state index is 0.0407. The van der Waals surface area contributed by atoms with E-state index in [-0.39, 0.29) is 11.0 Å². The van der Waals surface area contributed by atoms with Crippen molar-refractivity contribution >= 4 is 30.6 Å². The van der Waals surface area contributed by atoms with Crippen molar-refractivity contribution in [2.24, 2.45) is 0 Å². The molecule has 0 saturated heterocycles. The summed E-state index contributed by atoms with van der Waals surface area (Å²) in [4.78, 5) is 0.110. The molecule has 0 amide bonds. The molecule has 2 rings (SSSR count). The van der Waals surface area contributed by atoms with Crippen molar-refractivity contribution in [3.63, 3.8) is 0 Å². The molecule has 1 aromatic heterocycles. The Bertz CT molecular complexity index is 719. The molecule has 0 saturated carbocycles. The largest absolute Gasteiger partial charge is 0.490 e. The minimum Gasteiger partial charge on any atom is -0.490 e. The van der Waals surface area contributed by atoms with Crippen LogP contribution in [0.15, 0.2) is 29.3 Å². The summed E-state index contributed by atoms with van der Waals surface area (Å²) in [6.07, 6.45) is 2.45. The van der Waals surface area contributed by atoms with E-state index in [4.69, 9.17) is 15.4 Å². The predicted octanol–water partition coefficient (Wildman–Crippen LogP) is 3.77. The highest BCUT2D eigenvalue weighted by molar-refractivity contribution is 8.14. The van der Waals surface area contributed by atoms with Crippen LogP contribution in [-0.4, -0.2) is 19.1 Å². The van der Waals surface area contributed by atoms with Gasteiger partial charge in [0.2, 0.25) is 0 Å². The maximum absolute atomic E-state index is 11.8. The van der Waals surface area contributed by atoms with Crippen molar-refractivity contribution in [2.45, 2.75) is 44.7 Å². The number of hydrogen-bond acceptors (Lipinski definition) is 3. The zero-order valence-electron chi connectivity index (χ0n) is 11.8. The quantitative estimate of drug-likeness (QED) is 0.789. The number of nitrogens with zero attached hydrogens (tertiary/aromatic N) is 1. The molecule has 1 heterocycles. The van der Waals surface area contributed by atoms with Crippen LogP contribution in [0.25, 0.3) is 10.9 Å². The Kier molecular flexibility index (Phi) is 4.30. The zero-order chi connectivity index (χ0) is 14.9. The lowest BCUT2D eigenvalue weighted by molar-refractivity contribution is 0.245. The van der Waals surface area contributed by atoms with Crippen LogP contribution in [0.2, 0.25) is 0 Å². The van der Waals surface area contributed by atoms with E-state index in [2.05, 4.69) is 0 Å². The minimum atomic E-state index is -3.81. The van der Waals surface area contributed by atoms with Crippen LogP contribution in [0.5, 0.6) is 5.75 Å². The van der Waals surface area contributed by atoms with E-state index in [0.717, 1.165) is 18.5 Å². The highest BCUT2D eigenvalue weighted by Gasteiger charge is 2.22. The summed E-state index contributed by atoms with van der Waals surface area (Å²) in [5.41, 5.74) is 0.823. The molecule has 0 spiro atoms. The van der Waals surface area contributed by atoms with Gasteiger partial charge in [-0.3, -0.25) is 0 Å². The van der Waals surface area contributed by atoms with E-state index in [1.807, 2.05) is 37.5 Å². The third-order valence-electron chi connectivity index (χ3n) is 2.92. The maximum atomic E-state index is 11.8. The van der Waals surface area contributed by atoms with Crippen molar-refractivity contribution in [1.82, 2.24) is 4.57 Å². The van der Waals surface area contributed by atoms with E-state index in [0.29, 0.717) is 11.1 Å². The monoisotopic (exact) mass is 315 g/mol. The molecular weight excluding hydrogens is 298 g/mol. The van der Waals surface area contributed by atoms with E-state index >= 15 is 0 Å². The van der Waals surface area contributed by atoms with Crippen molar-refractivity contribution in [3.05, 3.63) is 24.4 Å². The van der Waals surface area contributed by atoms with Gasteiger partial charge in [-0.05, 0) is 32.4 Å². The predicted molar refractivity (Wildman–Crippen MR) is 81.0 cm³/mol. The van der Waals surface area contributed by atoms with Gasteiger partial charge in [0.1, 0.15) is 10.6 Å². The molecule has 2 aromatic rings. The van der Waals surface area contributed by atoms with E-state index in [1.54, 1.807) is 12.3 Å². The second-order valence-corrected chi connectivity index (χ2v) is 7.48. The lowest BCUT2D eigenvalue weighted by Crippen LogP contribution is -2.06. The van der Waals surface area contributed by atoms with Crippen LogP contribution in [-0.2, 0) is 15.6 Å². The number of benzene rings is 1. The molecular formula is C14H18ClNO3S. The lowest BCUT2D eigenvalue weighted by atomic mass is 10.2. The molecule has 6 heteroatoms. The van der Waals surface area contributed by atoms with Crippen molar-refractivity contribution in [1.29, 1.82) is 0 Å². The Morgan fingerprint density at radius 2 is 2.05 bits per heavy atom. The fourth-order valence-electron chi connectivity index (χ4n) is 2.25. The van der Waals surface area contributed by atoms with Gasteiger partial charge in [0.05, 0.1) is 17.0 Å². The standard InChI is InChI=1S/C14H18ClNO3S/c1-4-8-16-9-13(20(15,17)18)14-11(16)6-5-7-12(14)19-10(2)3/h5-7,9-10H,4,8H2,1-3H3. The molecule has 0 aliphatic carbocycles. The number of ether oxygens (including phenoxy) is 1. The Hall–Kier alpha value is -1.20. The summed E-state index contributed by atoms with van der Waals surface area (Å²) < 4.78 is 31.2. The molecule has 0 atom stereocenters. The first-order chi connectivity index (χ1) is 9.34. The maximum Gasteiger partial charge on any atom is 0.263 e. The van der Waals surface area contributed by atoms with Gasteiger partial charge in [-0.25, -0.2) is 8.42 Å². The van der Waals surface area contributed by atoms with Gasteiger partial charge < -0.3 is 9.30 Å². The number of aromatic nitrogens is 1. The normalized spacial score (nSPS) is 12.2. The van der Waals surface area contributed by atoms with Crippen LogP contribution in [0.1, 0.15) is 27.2 Å². The summed E-state index contributed by atoms with van der Waals surface area (Å²) in [6.45, 7) is 6.57. The SMILES string of the molecule is CCCn1cc(S(=O)(=O)Cl)c2c(OC(C)C)cccc21. The average Bonchev–Trinajstić information content (AvgIpc) is 2.69. The lowest BCUT2D eigenvalue weighted by Gasteiger charge is -2.11. The van der Waals surface area contributed by atoms with Crippen LogP contribution in [0.4, 0.5) is 0 Å². The van der Waals surface area contributed by atoms with Gasteiger partial charge in [0.25, 0.3) is 9.05 Å².